The Morgan fingerprint density at radius 1 is 1.18 bits per heavy atom. The molecule has 5 heteroatoms. The lowest BCUT2D eigenvalue weighted by molar-refractivity contribution is 0.0296. The molecule has 2 aromatic rings. The number of aromatic nitrogens is 1. The highest BCUT2D eigenvalue weighted by Crippen LogP contribution is 2.26. The maximum absolute atomic E-state index is 12.6. The molecule has 1 aliphatic rings. The average molecular weight is 300 g/mol. The molecule has 0 atom stereocenters. The topological polar surface area (TPSA) is 43.7 Å². The van der Waals surface area contributed by atoms with Crippen molar-refractivity contribution in [2.24, 2.45) is 7.05 Å². The fraction of sp³-hybridized carbons (Fsp3) is 0.353. The predicted molar refractivity (Wildman–Crippen MR) is 84.1 cm³/mol. The minimum Gasteiger partial charge on any atom is -0.497 e. The van der Waals surface area contributed by atoms with E-state index in [1.807, 2.05) is 53.0 Å². The van der Waals surface area contributed by atoms with Gasteiger partial charge in [0.15, 0.2) is 0 Å². The summed E-state index contributed by atoms with van der Waals surface area (Å²) in [4.78, 5) is 14.5. The first kappa shape index (κ1) is 14.7. The van der Waals surface area contributed by atoms with Gasteiger partial charge in [0.2, 0.25) is 0 Å². The molecular weight excluding hydrogens is 280 g/mol. The average Bonchev–Trinajstić information content (AvgIpc) is 2.97. The van der Waals surface area contributed by atoms with E-state index in [4.69, 9.17) is 9.47 Å². The number of carbonyl (C=O) groups excluding carboxylic acids is 1. The summed E-state index contributed by atoms with van der Waals surface area (Å²) >= 11 is 0. The minimum atomic E-state index is 0.0555. The van der Waals surface area contributed by atoms with Crippen LogP contribution in [0.5, 0.6) is 5.75 Å². The number of ether oxygens (including phenoxy) is 2. The molecular formula is C17H20N2O3. The van der Waals surface area contributed by atoms with E-state index in [0.717, 1.165) is 16.9 Å². The number of hydrogen-bond donors (Lipinski definition) is 0. The molecule has 0 saturated carbocycles. The molecule has 0 bridgehead atoms. The van der Waals surface area contributed by atoms with E-state index in [9.17, 15) is 4.79 Å². The molecule has 1 amide bonds. The SMILES string of the molecule is COc1cccc(-c2cc(C(=O)N3CCOCC3)n(C)c2)c1. The highest BCUT2D eigenvalue weighted by Gasteiger charge is 2.21. The third-order valence-electron chi connectivity index (χ3n) is 3.93. The molecule has 1 fully saturated rings. The zero-order valence-corrected chi connectivity index (χ0v) is 12.9. The van der Waals surface area contributed by atoms with E-state index in [2.05, 4.69) is 0 Å². The van der Waals surface area contributed by atoms with Crippen LogP contribution >= 0.6 is 0 Å². The van der Waals surface area contributed by atoms with Crippen LogP contribution < -0.4 is 4.74 Å². The normalized spacial score (nSPS) is 14.9. The first-order chi connectivity index (χ1) is 10.7. The fourth-order valence-corrected chi connectivity index (χ4v) is 2.67. The molecule has 0 aliphatic carbocycles. The molecule has 0 spiro atoms. The molecule has 1 aliphatic heterocycles. The Kier molecular flexibility index (Phi) is 4.15. The molecule has 0 unspecified atom stereocenters. The summed E-state index contributed by atoms with van der Waals surface area (Å²) in [5.41, 5.74) is 2.74. The van der Waals surface area contributed by atoms with Crippen LogP contribution in [0, 0.1) is 0 Å². The summed E-state index contributed by atoms with van der Waals surface area (Å²) in [5.74, 6) is 0.863. The van der Waals surface area contributed by atoms with Crippen molar-refractivity contribution < 1.29 is 14.3 Å². The van der Waals surface area contributed by atoms with E-state index >= 15 is 0 Å². The van der Waals surface area contributed by atoms with Crippen molar-refractivity contribution in [1.29, 1.82) is 0 Å². The molecule has 5 nitrogen and oxygen atoms in total. The smallest absolute Gasteiger partial charge is 0.270 e. The van der Waals surface area contributed by atoms with E-state index in [-0.39, 0.29) is 5.91 Å². The van der Waals surface area contributed by atoms with Crippen LogP contribution in [0.25, 0.3) is 11.1 Å². The standard InChI is InChI=1S/C17H20N2O3/c1-18-12-14(13-4-3-5-15(10-13)21-2)11-16(18)17(20)19-6-8-22-9-7-19/h3-5,10-12H,6-9H2,1-2H3. The largest absolute Gasteiger partial charge is 0.497 e. The minimum absolute atomic E-state index is 0.0555. The zero-order chi connectivity index (χ0) is 15.5. The number of amides is 1. The number of hydrogen-bond acceptors (Lipinski definition) is 3. The van der Waals surface area contributed by atoms with Gasteiger partial charge in [-0.3, -0.25) is 4.79 Å². The third kappa shape index (κ3) is 2.85. The van der Waals surface area contributed by atoms with Gasteiger partial charge in [0, 0.05) is 31.9 Å². The number of aryl methyl sites for hydroxylation is 1. The highest BCUT2D eigenvalue weighted by molar-refractivity contribution is 5.94. The van der Waals surface area contributed by atoms with Crippen LogP contribution in [0.15, 0.2) is 36.5 Å². The number of nitrogens with zero attached hydrogens (tertiary/aromatic N) is 2. The van der Waals surface area contributed by atoms with Gasteiger partial charge in [-0.05, 0) is 23.8 Å². The maximum atomic E-state index is 12.6. The molecule has 2 heterocycles. The van der Waals surface area contributed by atoms with Crippen molar-refractivity contribution in [3.63, 3.8) is 0 Å². The molecule has 0 radical (unpaired) electrons. The van der Waals surface area contributed by atoms with Crippen molar-refractivity contribution in [1.82, 2.24) is 9.47 Å². The molecule has 1 saturated heterocycles. The van der Waals surface area contributed by atoms with Crippen molar-refractivity contribution in [3.05, 3.63) is 42.2 Å². The Labute approximate surface area is 130 Å². The Hall–Kier alpha value is -2.27. The van der Waals surface area contributed by atoms with Gasteiger partial charge in [0.1, 0.15) is 11.4 Å². The lowest BCUT2D eigenvalue weighted by atomic mass is 10.1. The number of benzene rings is 1. The van der Waals surface area contributed by atoms with Gasteiger partial charge in [-0.25, -0.2) is 0 Å². The summed E-state index contributed by atoms with van der Waals surface area (Å²) in [6, 6.07) is 9.78. The molecule has 22 heavy (non-hydrogen) atoms. The maximum Gasteiger partial charge on any atom is 0.270 e. The van der Waals surface area contributed by atoms with E-state index < -0.39 is 0 Å². The summed E-state index contributed by atoms with van der Waals surface area (Å²) in [6.45, 7) is 2.52. The lowest BCUT2D eigenvalue weighted by Gasteiger charge is -2.26. The monoisotopic (exact) mass is 300 g/mol. The molecule has 116 valence electrons. The summed E-state index contributed by atoms with van der Waals surface area (Å²) in [7, 11) is 3.55. The second-order valence-corrected chi connectivity index (χ2v) is 5.36. The van der Waals surface area contributed by atoms with Gasteiger partial charge < -0.3 is 18.9 Å². The van der Waals surface area contributed by atoms with Crippen molar-refractivity contribution in [2.75, 3.05) is 33.4 Å². The van der Waals surface area contributed by atoms with Crippen molar-refractivity contribution >= 4 is 5.91 Å². The first-order valence-electron chi connectivity index (χ1n) is 7.37. The molecule has 1 aromatic carbocycles. The fourth-order valence-electron chi connectivity index (χ4n) is 2.67. The highest BCUT2D eigenvalue weighted by atomic mass is 16.5. The Morgan fingerprint density at radius 3 is 2.68 bits per heavy atom. The second-order valence-electron chi connectivity index (χ2n) is 5.36. The van der Waals surface area contributed by atoms with Crippen LogP contribution in [0.4, 0.5) is 0 Å². The van der Waals surface area contributed by atoms with Gasteiger partial charge in [0.25, 0.3) is 5.91 Å². The first-order valence-corrected chi connectivity index (χ1v) is 7.37. The Balaban J connectivity index is 1.88. The van der Waals surface area contributed by atoms with Crippen molar-refractivity contribution in [3.8, 4) is 16.9 Å². The predicted octanol–water partition coefficient (Wildman–Crippen LogP) is 2.17. The Bertz CT molecular complexity index is 672. The van der Waals surface area contributed by atoms with Gasteiger partial charge in [0.05, 0.1) is 20.3 Å². The second kappa shape index (κ2) is 6.23. The third-order valence-corrected chi connectivity index (χ3v) is 3.93. The molecule has 1 aromatic heterocycles. The van der Waals surface area contributed by atoms with Crippen molar-refractivity contribution in [2.45, 2.75) is 0 Å². The summed E-state index contributed by atoms with van der Waals surface area (Å²) < 4.78 is 12.4. The number of carbonyl (C=O) groups is 1. The van der Waals surface area contributed by atoms with E-state index in [0.29, 0.717) is 32.0 Å². The van der Waals surface area contributed by atoms with Crippen LogP contribution in [0.2, 0.25) is 0 Å². The van der Waals surface area contributed by atoms with Gasteiger partial charge >= 0.3 is 0 Å². The quantitative estimate of drug-likeness (QED) is 0.872. The summed E-state index contributed by atoms with van der Waals surface area (Å²) in [5, 5.41) is 0. The summed E-state index contributed by atoms with van der Waals surface area (Å²) in [6.07, 6.45) is 1.97. The van der Waals surface area contributed by atoms with Crippen LogP contribution in [-0.4, -0.2) is 48.8 Å². The van der Waals surface area contributed by atoms with Crippen LogP contribution in [-0.2, 0) is 11.8 Å². The van der Waals surface area contributed by atoms with Gasteiger partial charge in [-0.15, -0.1) is 0 Å². The number of rotatable bonds is 3. The Morgan fingerprint density at radius 2 is 1.95 bits per heavy atom. The van der Waals surface area contributed by atoms with E-state index in [1.165, 1.54) is 0 Å². The lowest BCUT2D eigenvalue weighted by Crippen LogP contribution is -2.41. The van der Waals surface area contributed by atoms with Crippen LogP contribution in [0.1, 0.15) is 10.5 Å². The zero-order valence-electron chi connectivity index (χ0n) is 12.9. The molecule has 3 rings (SSSR count). The van der Waals surface area contributed by atoms with Crippen LogP contribution in [0.3, 0.4) is 0 Å². The van der Waals surface area contributed by atoms with Gasteiger partial charge in [-0.1, -0.05) is 12.1 Å². The molecule has 0 N–H and O–H groups in total. The van der Waals surface area contributed by atoms with E-state index in [1.54, 1.807) is 7.11 Å². The number of morpholine rings is 1. The van der Waals surface area contributed by atoms with Gasteiger partial charge in [-0.2, -0.15) is 0 Å². The number of methoxy groups -OCH3 is 1.